The van der Waals surface area contributed by atoms with Crippen LogP contribution in [0, 0.1) is 5.92 Å². The van der Waals surface area contributed by atoms with Crippen LogP contribution in [0.4, 0.5) is 5.69 Å². The summed E-state index contributed by atoms with van der Waals surface area (Å²) in [5.41, 5.74) is 7.16. The van der Waals surface area contributed by atoms with Gasteiger partial charge in [0.05, 0.1) is 10.7 Å². The number of hydrogen-bond acceptors (Lipinski definition) is 2. The summed E-state index contributed by atoms with van der Waals surface area (Å²) in [5.74, 6) is 0.876. The summed E-state index contributed by atoms with van der Waals surface area (Å²) in [5, 5.41) is 4.44. The highest BCUT2D eigenvalue weighted by Gasteiger charge is 2.32. The summed E-state index contributed by atoms with van der Waals surface area (Å²) in [6.45, 7) is 2.96. The Bertz CT molecular complexity index is 421. The largest absolute Gasteiger partial charge is 0.377 e. The molecule has 3 N–H and O–H groups in total. The molecule has 1 aromatic rings. The molecular weight excluding hydrogens is 268 g/mol. The van der Waals surface area contributed by atoms with Gasteiger partial charge >= 0.3 is 0 Å². The zero-order valence-electron chi connectivity index (χ0n) is 12.5. The van der Waals surface area contributed by atoms with Crippen molar-refractivity contribution in [2.75, 3.05) is 11.9 Å². The number of benzene rings is 1. The Hall–Kier alpha value is -0.730. The van der Waals surface area contributed by atoms with Crippen molar-refractivity contribution >= 4 is 17.3 Å². The highest BCUT2D eigenvalue weighted by atomic mass is 35.5. The number of rotatable bonds is 5. The van der Waals surface area contributed by atoms with Crippen molar-refractivity contribution in [2.45, 2.75) is 57.4 Å². The van der Waals surface area contributed by atoms with Gasteiger partial charge in [0.15, 0.2) is 0 Å². The Kier molecular flexibility index (Phi) is 5.74. The molecule has 0 bridgehead atoms. The van der Waals surface area contributed by atoms with Crippen molar-refractivity contribution in [1.29, 1.82) is 0 Å². The number of halogens is 1. The summed E-state index contributed by atoms with van der Waals surface area (Å²) in [6, 6.07) is 7.97. The van der Waals surface area contributed by atoms with E-state index in [4.69, 9.17) is 17.3 Å². The maximum Gasteiger partial charge on any atom is 0.0637 e. The molecule has 0 aromatic heterocycles. The van der Waals surface area contributed by atoms with Crippen LogP contribution in [0.1, 0.15) is 51.9 Å². The van der Waals surface area contributed by atoms with Crippen LogP contribution in [0.2, 0.25) is 5.02 Å². The van der Waals surface area contributed by atoms with E-state index in [0.717, 1.165) is 29.5 Å². The maximum atomic E-state index is 6.28. The average molecular weight is 295 g/mol. The fourth-order valence-electron chi connectivity index (χ4n) is 3.40. The summed E-state index contributed by atoms with van der Waals surface area (Å²) in [6.07, 6.45) is 8.83. The lowest BCUT2D eigenvalue weighted by Crippen LogP contribution is -2.45. The molecule has 0 heterocycles. The predicted octanol–water partition coefficient (Wildman–Crippen LogP) is 4.83. The fraction of sp³-hybridized carbons (Fsp3) is 0.647. The third-order valence-electron chi connectivity index (χ3n) is 4.66. The minimum Gasteiger partial charge on any atom is -0.377 e. The molecule has 1 saturated carbocycles. The summed E-state index contributed by atoms with van der Waals surface area (Å²) in [7, 11) is 0. The standard InChI is InChI=1S/C17H27ClN2/c1-2-6-14-7-5-11-17(13-19,12-10-14)20-16-9-4-3-8-15(16)18/h3-4,8-9,14,20H,2,5-7,10-13,19H2,1H3. The van der Waals surface area contributed by atoms with Gasteiger partial charge in [0.2, 0.25) is 0 Å². The molecule has 0 saturated heterocycles. The van der Waals surface area contributed by atoms with Crippen molar-refractivity contribution in [3.8, 4) is 0 Å². The molecule has 2 nitrogen and oxygen atoms in total. The van der Waals surface area contributed by atoms with Gasteiger partial charge in [0, 0.05) is 12.1 Å². The smallest absolute Gasteiger partial charge is 0.0637 e. The van der Waals surface area contributed by atoms with E-state index in [0.29, 0.717) is 6.54 Å². The van der Waals surface area contributed by atoms with E-state index in [1.165, 1.54) is 32.1 Å². The van der Waals surface area contributed by atoms with Crippen LogP contribution in [-0.4, -0.2) is 12.1 Å². The van der Waals surface area contributed by atoms with Crippen LogP contribution in [0.3, 0.4) is 0 Å². The molecule has 20 heavy (non-hydrogen) atoms. The van der Waals surface area contributed by atoms with Gasteiger partial charge in [-0.15, -0.1) is 0 Å². The normalized spacial score (nSPS) is 27.1. The predicted molar refractivity (Wildman–Crippen MR) is 88.3 cm³/mol. The van der Waals surface area contributed by atoms with Gasteiger partial charge in [-0.2, -0.15) is 0 Å². The van der Waals surface area contributed by atoms with Crippen LogP contribution in [0.5, 0.6) is 0 Å². The average Bonchev–Trinajstić information content (AvgIpc) is 2.66. The second-order valence-electron chi connectivity index (χ2n) is 6.17. The Morgan fingerprint density at radius 3 is 2.80 bits per heavy atom. The molecule has 0 radical (unpaired) electrons. The minimum absolute atomic E-state index is 0.0213. The van der Waals surface area contributed by atoms with Crippen LogP contribution < -0.4 is 11.1 Å². The molecule has 0 amide bonds. The first-order valence-corrected chi connectivity index (χ1v) is 8.30. The van der Waals surface area contributed by atoms with E-state index in [1.54, 1.807) is 0 Å². The number of nitrogens with one attached hydrogen (secondary N) is 1. The first-order valence-electron chi connectivity index (χ1n) is 7.92. The van der Waals surface area contributed by atoms with Gasteiger partial charge in [-0.05, 0) is 37.3 Å². The van der Waals surface area contributed by atoms with Gasteiger partial charge in [-0.3, -0.25) is 0 Å². The summed E-state index contributed by atoms with van der Waals surface area (Å²) in [4.78, 5) is 0. The van der Waals surface area contributed by atoms with E-state index in [1.807, 2.05) is 24.3 Å². The summed E-state index contributed by atoms with van der Waals surface area (Å²) < 4.78 is 0. The zero-order chi connectivity index (χ0) is 14.4. The van der Waals surface area contributed by atoms with E-state index in [-0.39, 0.29) is 5.54 Å². The molecule has 112 valence electrons. The van der Waals surface area contributed by atoms with Crippen molar-refractivity contribution < 1.29 is 0 Å². The fourth-order valence-corrected chi connectivity index (χ4v) is 3.59. The van der Waals surface area contributed by atoms with Gasteiger partial charge in [-0.1, -0.05) is 56.3 Å². The van der Waals surface area contributed by atoms with Crippen LogP contribution >= 0.6 is 11.6 Å². The Morgan fingerprint density at radius 1 is 1.30 bits per heavy atom. The molecule has 2 rings (SSSR count). The van der Waals surface area contributed by atoms with E-state index in [9.17, 15) is 0 Å². The number of hydrogen-bond donors (Lipinski definition) is 2. The van der Waals surface area contributed by atoms with Crippen molar-refractivity contribution in [2.24, 2.45) is 11.7 Å². The number of nitrogens with two attached hydrogens (primary N) is 1. The van der Waals surface area contributed by atoms with E-state index >= 15 is 0 Å². The molecular formula is C17H27ClN2. The van der Waals surface area contributed by atoms with Crippen molar-refractivity contribution in [1.82, 2.24) is 0 Å². The third-order valence-corrected chi connectivity index (χ3v) is 4.99. The zero-order valence-corrected chi connectivity index (χ0v) is 13.3. The van der Waals surface area contributed by atoms with E-state index in [2.05, 4.69) is 12.2 Å². The highest BCUT2D eigenvalue weighted by molar-refractivity contribution is 6.33. The van der Waals surface area contributed by atoms with Crippen LogP contribution in [-0.2, 0) is 0 Å². The number of anilines is 1. The Morgan fingerprint density at radius 2 is 2.10 bits per heavy atom. The minimum atomic E-state index is 0.0213. The quantitative estimate of drug-likeness (QED) is 0.763. The lowest BCUT2D eigenvalue weighted by atomic mass is 9.88. The maximum absolute atomic E-state index is 6.28. The molecule has 0 aliphatic heterocycles. The molecule has 1 aliphatic rings. The van der Waals surface area contributed by atoms with Gasteiger partial charge < -0.3 is 11.1 Å². The molecule has 1 aromatic carbocycles. The molecule has 2 atom stereocenters. The van der Waals surface area contributed by atoms with Gasteiger partial charge in [0.25, 0.3) is 0 Å². The Labute approximate surface area is 128 Å². The Balaban J connectivity index is 2.08. The summed E-state index contributed by atoms with van der Waals surface area (Å²) >= 11 is 6.28. The van der Waals surface area contributed by atoms with Gasteiger partial charge in [-0.25, -0.2) is 0 Å². The van der Waals surface area contributed by atoms with Gasteiger partial charge in [0.1, 0.15) is 0 Å². The SMILES string of the molecule is CCCC1CCCC(CN)(Nc2ccccc2Cl)CC1. The van der Waals surface area contributed by atoms with Crippen LogP contribution in [0.15, 0.2) is 24.3 Å². The van der Waals surface area contributed by atoms with Crippen molar-refractivity contribution in [3.05, 3.63) is 29.3 Å². The lowest BCUT2D eigenvalue weighted by Gasteiger charge is -2.34. The topological polar surface area (TPSA) is 38.0 Å². The second-order valence-corrected chi connectivity index (χ2v) is 6.58. The molecule has 0 spiro atoms. The monoisotopic (exact) mass is 294 g/mol. The molecule has 1 aliphatic carbocycles. The molecule has 1 fully saturated rings. The third kappa shape index (κ3) is 3.89. The van der Waals surface area contributed by atoms with Crippen LogP contribution in [0.25, 0.3) is 0 Å². The first-order chi connectivity index (χ1) is 9.69. The second kappa shape index (κ2) is 7.33. The van der Waals surface area contributed by atoms with Crippen molar-refractivity contribution in [3.63, 3.8) is 0 Å². The first kappa shape index (κ1) is 15.7. The van der Waals surface area contributed by atoms with E-state index < -0.39 is 0 Å². The highest BCUT2D eigenvalue weighted by Crippen LogP contribution is 2.35. The number of para-hydroxylation sites is 1. The molecule has 3 heteroatoms. The lowest BCUT2D eigenvalue weighted by molar-refractivity contribution is 0.390. The molecule has 2 unspecified atom stereocenters.